The summed E-state index contributed by atoms with van der Waals surface area (Å²) < 4.78 is 6.13. The number of benzene rings is 1. The maximum atomic E-state index is 11.9. The van der Waals surface area contributed by atoms with Gasteiger partial charge in [0.2, 0.25) is 0 Å². The van der Waals surface area contributed by atoms with Gasteiger partial charge in [0, 0.05) is 28.4 Å². The second kappa shape index (κ2) is 7.94. The standard InChI is InChI=1S/C12H16INO2S/c1-16-11(7-8-13)14-12(15)9-3-5-10(17-2)6-4-9/h3-6,11H,7-8H2,1-2H3,(H,14,15). The highest BCUT2D eigenvalue weighted by Gasteiger charge is 2.11. The fourth-order valence-electron chi connectivity index (χ4n) is 1.32. The molecule has 17 heavy (non-hydrogen) atoms. The van der Waals surface area contributed by atoms with Gasteiger partial charge in [0.15, 0.2) is 0 Å². The fourth-order valence-corrected chi connectivity index (χ4v) is 2.29. The van der Waals surface area contributed by atoms with Crippen LogP contribution >= 0.6 is 34.4 Å². The predicted octanol–water partition coefficient (Wildman–Crippen LogP) is 2.94. The Morgan fingerprint density at radius 3 is 2.59 bits per heavy atom. The number of nitrogens with one attached hydrogen (secondary N) is 1. The van der Waals surface area contributed by atoms with E-state index in [0.29, 0.717) is 5.56 Å². The smallest absolute Gasteiger partial charge is 0.253 e. The van der Waals surface area contributed by atoms with Crippen LogP contribution in [0.5, 0.6) is 0 Å². The van der Waals surface area contributed by atoms with E-state index in [9.17, 15) is 4.79 Å². The highest BCUT2D eigenvalue weighted by atomic mass is 127. The first-order valence-electron chi connectivity index (χ1n) is 5.25. The van der Waals surface area contributed by atoms with Gasteiger partial charge in [-0.2, -0.15) is 0 Å². The minimum absolute atomic E-state index is 0.0886. The van der Waals surface area contributed by atoms with Crippen molar-refractivity contribution in [2.24, 2.45) is 0 Å². The number of thioether (sulfide) groups is 1. The van der Waals surface area contributed by atoms with Gasteiger partial charge in [-0.05, 0) is 30.5 Å². The molecule has 0 saturated carbocycles. The monoisotopic (exact) mass is 365 g/mol. The molecule has 0 aliphatic rings. The van der Waals surface area contributed by atoms with Crippen molar-refractivity contribution in [3.8, 4) is 0 Å². The Bertz CT molecular complexity index is 356. The van der Waals surface area contributed by atoms with Gasteiger partial charge in [0.05, 0.1) is 0 Å². The lowest BCUT2D eigenvalue weighted by Gasteiger charge is -2.15. The Balaban J connectivity index is 2.62. The van der Waals surface area contributed by atoms with Crippen LogP contribution in [0.15, 0.2) is 29.2 Å². The molecule has 0 radical (unpaired) electrons. The molecule has 0 aromatic heterocycles. The third kappa shape index (κ3) is 4.85. The van der Waals surface area contributed by atoms with E-state index >= 15 is 0 Å². The van der Waals surface area contributed by atoms with Crippen molar-refractivity contribution in [3.63, 3.8) is 0 Å². The van der Waals surface area contributed by atoms with Crippen LogP contribution in [0.1, 0.15) is 16.8 Å². The van der Waals surface area contributed by atoms with Gasteiger partial charge in [-0.1, -0.05) is 22.6 Å². The maximum absolute atomic E-state index is 11.9. The van der Waals surface area contributed by atoms with Crippen molar-refractivity contribution in [3.05, 3.63) is 29.8 Å². The summed E-state index contributed by atoms with van der Waals surface area (Å²) in [6, 6.07) is 7.55. The summed E-state index contributed by atoms with van der Waals surface area (Å²) in [5.74, 6) is -0.0886. The largest absolute Gasteiger partial charge is 0.362 e. The zero-order valence-corrected chi connectivity index (χ0v) is 12.9. The molecule has 1 amide bonds. The summed E-state index contributed by atoms with van der Waals surface area (Å²) in [7, 11) is 1.61. The van der Waals surface area contributed by atoms with Gasteiger partial charge in [0.25, 0.3) is 5.91 Å². The Hall–Kier alpha value is -0.270. The van der Waals surface area contributed by atoms with Crippen LogP contribution in [0.4, 0.5) is 0 Å². The van der Waals surface area contributed by atoms with E-state index in [1.165, 1.54) is 0 Å². The van der Waals surface area contributed by atoms with Crippen molar-refractivity contribution in [2.45, 2.75) is 17.5 Å². The van der Waals surface area contributed by atoms with Crippen molar-refractivity contribution < 1.29 is 9.53 Å². The summed E-state index contributed by atoms with van der Waals surface area (Å²) >= 11 is 3.92. The predicted molar refractivity (Wildman–Crippen MR) is 80.0 cm³/mol. The van der Waals surface area contributed by atoms with Crippen LogP contribution in [0.2, 0.25) is 0 Å². The molecule has 0 spiro atoms. The lowest BCUT2D eigenvalue weighted by molar-refractivity contribution is 0.0571. The molecule has 5 heteroatoms. The second-order valence-electron chi connectivity index (χ2n) is 3.40. The summed E-state index contributed by atoms with van der Waals surface area (Å²) in [6.45, 7) is 0. The molecule has 94 valence electrons. The molecule has 1 unspecified atom stereocenters. The first-order chi connectivity index (χ1) is 8.21. The quantitative estimate of drug-likeness (QED) is 0.365. The number of hydrogen-bond acceptors (Lipinski definition) is 3. The molecule has 0 fully saturated rings. The highest BCUT2D eigenvalue weighted by molar-refractivity contribution is 14.1. The third-order valence-electron chi connectivity index (χ3n) is 2.30. The summed E-state index contributed by atoms with van der Waals surface area (Å²) in [5, 5.41) is 2.85. The molecular formula is C12H16INO2S. The first-order valence-corrected chi connectivity index (χ1v) is 8.00. The zero-order valence-electron chi connectivity index (χ0n) is 9.90. The molecule has 1 rings (SSSR count). The van der Waals surface area contributed by atoms with E-state index in [4.69, 9.17) is 4.74 Å². The third-order valence-corrected chi connectivity index (χ3v) is 3.67. The summed E-state index contributed by atoms with van der Waals surface area (Å²) in [4.78, 5) is 13.0. The Labute approximate surface area is 120 Å². The van der Waals surface area contributed by atoms with E-state index in [1.807, 2.05) is 30.5 Å². The molecule has 1 N–H and O–H groups in total. The molecule has 1 atom stereocenters. The molecule has 0 heterocycles. The van der Waals surface area contributed by atoms with E-state index in [2.05, 4.69) is 27.9 Å². The topological polar surface area (TPSA) is 38.3 Å². The van der Waals surface area contributed by atoms with Gasteiger partial charge in [-0.3, -0.25) is 4.79 Å². The average Bonchev–Trinajstić information content (AvgIpc) is 2.38. The van der Waals surface area contributed by atoms with Gasteiger partial charge in [0.1, 0.15) is 6.23 Å². The van der Waals surface area contributed by atoms with Gasteiger partial charge < -0.3 is 10.1 Å². The normalized spacial score (nSPS) is 12.2. The van der Waals surface area contributed by atoms with E-state index in [-0.39, 0.29) is 12.1 Å². The van der Waals surface area contributed by atoms with Crippen LogP contribution < -0.4 is 5.32 Å². The SMILES string of the molecule is COC(CCI)NC(=O)c1ccc(SC)cc1. The fraction of sp³-hybridized carbons (Fsp3) is 0.417. The summed E-state index contributed by atoms with van der Waals surface area (Å²) in [5.41, 5.74) is 0.665. The molecule has 0 aliphatic carbocycles. The van der Waals surface area contributed by atoms with Crippen LogP contribution in [0.3, 0.4) is 0 Å². The molecule has 0 saturated heterocycles. The molecular weight excluding hydrogens is 349 g/mol. The lowest BCUT2D eigenvalue weighted by Crippen LogP contribution is -2.36. The lowest BCUT2D eigenvalue weighted by atomic mass is 10.2. The second-order valence-corrected chi connectivity index (χ2v) is 5.36. The van der Waals surface area contributed by atoms with Crippen LogP contribution in [0.25, 0.3) is 0 Å². The Morgan fingerprint density at radius 1 is 1.47 bits per heavy atom. The molecule has 1 aromatic carbocycles. The summed E-state index contributed by atoms with van der Waals surface area (Å²) in [6.07, 6.45) is 2.61. The number of halogens is 1. The van der Waals surface area contributed by atoms with Crippen molar-refractivity contribution in [1.82, 2.24) is 5.32 Å². The van der Waals surface area contributed by atoms with Crippen LogP contribution in [-0.4, -0.2) is 29.9 Å². The Morgan fingerprint density at radius 2 is 2.12 bits per heavy atom. The van der Waals surface area contributed by atoms with E-state index in [1.54, 1.807) is 18.9 Å². The van der Waals surface area contributed by atoms with Crippen molar-refractivity contribution in [1.29, 1.82) is 0 Å². The number of carbonyl (C=O) groups excluding carboxylic acids is 1. The molecule has 0 bridgehead atoms. The van der Waals surface area contributed by atoms with Gasteiger partial charge in [-0.15, -0.1) is 11.8 Å². The number of rotatable bonds is 6. The first kappa shape index (κ1) is 14.8. The van der Waals surface area contributed by atoms with Gasteiger partial charge in [-0.25, -0.2) is 0 Å². The van der Waals surface area contributed by atoms with Crippen molar-refractivity contribution in [2.75, 3.05) is 17.8 Å². The van der Waals surface area contributed by atoms with Crippen molar-refractivity contribution >= 4 is 40.3 Å². The number of amides is 1. The number of carbonyl (C=O) groups is 1. The number of ether oxygens (including phenoxy) is 1. The van der Waals surface area contributed by atoms with Crippen LogP contribution in [-0.2, 0) is 4.74 Å². The number of hydrogen-bond donors (Lipinski definition) is 1. The van der Waals surface area contributed by atoms with Gasteiger partial charge >= 0.3 is 0 Å². The minimum Gasteiger partial charge on any atom is -0.362 e. The highest BCUT2D eigenvalue weighted by Crippen LogP contribution is 2.14. The molecule has 1 aromatic rings. The minimum atomic E-state index is -0.209. The van der Waals surface area contributed by atoms with Crippen LogP contribution in [0, 0.1) is 0 Å². The van der Waals surface area contributed by atoms with E-state index in [0.717, 1.165) is 15.7 Å². The number of methoxy groups -OCH3 is 1. The average molecular weight is 365 g/mol. The maximum Gasteiger partial charge on any atom is 0.253 e. The van der Waals surface area contributed by atoms with E-state index < -0.39 is 0 Å². The Kier molecular flexibility index (Phi) is 6.91. The number of alkyl halides is 1. The zero-order chi connectivity index (χ0) is 12.7. The molecule has 3 nitrogen and oxygen atoms in total. The molecule has 0 aliphatic heterocycles.